The van der Waals surface area contributed by atoms with E-state index in [4.69, 9.17) is 4.74 Å². The first kappa shape index (κ1) is 17.3. The molecule has 0 atom stereocenters. The molecule has 0 spiro atoms. The summed E-state index contributed by atoms with van der Waals surface area (Å²) in [5.41, 5.74) is 3.37. The van der Waals surface area contributed by atoms with Crippen molar-refractivity contribution in [2.75, 3.05) is 33.9 Å². The van der Waals surface area contributed by atoms with Crippen LogP contribution in [-0.2, 0) is 0 Å². The van der Waals surface area contributed by atoms with E-state index < -0.39 is 0 Å². The van der Waals surface area contributed by atoms with E-state index in [1.807, 2.05) is 40.9 Å². The van der Waals surface area contributed by atoms with Crippen LogP contribution in [0.3, 0.4) is 0 Å². The van der Waals surface area contributed by atoms with Crippen LogP contribution in [0.2, 0.25) is 0 Å². The molecule has 0 saturated carbocycles. The number of aryl methyl sites for hydroxylation is 2. The van der Waals surface area contributed by atoms with E-state index in [1.54, 1.807) is 0 Å². The number of nitrogens with zero attached hydrogens (tertiary/aromatic N) is 1. The van der Waals surface area contributed by atoms with Crippen molar-refractivity contribution in [2.45, 2.75) is 27.2 Å². The minimum absolute atomic E-state index is 0.171. The number of carbonyl (C=O) groups is 1. The predicted octanol–water partition coefficient (Wildman–Crippen LogP) is 2.20. The van der Waals surface area contributed by atoms with Gasteiger partial charge in [-0.05, 0) is 64.5 Å². The summed E-state index contributed by atoms with van der Waals surface area (Å²) in [6.45, 7) is 7.87. The van der Waals surface area contributed by atoms with Crippen LogP contribution in [0.25, 0.3) is 0 Å². The van der Waals surface area contributed by atoms with Crippen molar-refractivity contribution in [3.05, 3.63) is 28.8 Å². The summed E-state index contributed by atoms with van der Waals surface area (Å²) in [6, 6.07) is 3.90. The molecule has 1 aromatic carbocycles. The Hall–Kier alpha value is -1.75. The fourth-order valence-corrected chi connectivity index (χ4v) is 1.98. The molecule has 0 aliphatic rings. The van der Waals surface area contributed by atoms with Gasteiger partial charge in [-0.15, -0.1) is 0 Å². The molecular weight excluding hydrogens is 266 g/mol. The number of carbonyl (C=O) groups excluding carboxylic acids is 1. The normalized spacial score (nSPS) is 10.6. The molecule has 5 nitrogen and oxygen atoms in total. The molecule has 21 heavy (non-hydrogen) atoms. The molecule has 0 aliphatic carbocycles. The van der Waals surface area contributed by atoms with Gasteiger partial charge in [0.05, 0.1) is 0 Å². The zero-order chi connectivity index (χ0) is 15.8. The summed E-state index contributed by atoms with van der Waals surface area (Å²) in [7, 11) is 4.03. The molecular formula is C16H27N3O2. The van der Waals surface area contributed by atoms with Gasteiger partial charge in [-0.1, -0.05) is 12.1 Å². The first-order valence-electron chi connectivity index (χ1n) is 7.28. The summed E-state index contributed by atoms with van der Waals surface area (Å²) >= 11 is 0. The Bertz CT molecular complexity index is 473. The standard InChI is InChI=1S/C16H27N3O2/c1-12-7-8-13(2)15(14(12)3)21-11-18-16(20)17-9-6-10-19(4)5/h7-8H,6,9-11H2,1-5H3,(H2,17,18,20). The quantitative estimate of drug-likeness (QED) is 0.598. The van der Waals surface area contributed by atoms with Gasteiger partial charge in [0, 0.05) is 6.54 Å². The average molecular weight is 293 g/mol. The number of hydrogen-bond acceptors (Lipinski definition) is 3. The van der Waals surface area contributed by atoms with Crippen molar-refractivity contribution >= 4 is 6.03 Å². The second-order valence-electron chi connectivity index (χ2n) is 5.53. The first-order chi connectivity index (χ1) is 9.91. The van der Waals surface area contributed by atoms with Gasteiger partial charge in [-0.3, -0.25) is 0 Å². The highest BCUT2D eigenvalue weighted by Crippen LogP contribution is 2.25. The molecule has 0 unspecified atom stereocenters. The Morgan fingerprint density at radius 1 is 1.14 bits per heavy atom. The summed E-state index contributed by atoms with van der Waals surface area (Å²) < 4.78 is 5.68. The van der Waals surface area contributed by atoms with E-state index in [-0.39, 0.29) is 12.8 Å². The number of urea groups is 1. The number of rotatable bonds is 7. The minimum Gasteiger partial charge on any atom is -0.473 e. The Morgan fingerprint density at radius 3 is 2.48 bits per heavy atom. The summed E-state index contributed by atoms with van der Waals surface area (Å²) in [5.74, 6) is 0.850. The lowest BCUT2D eigenvalue weighted by molar-refractivity contribution is 0.223. The maximum Gasteiger partial charge on any atom is 0.317 e. The first-order valence-corrected chi connectivity index (χ1v) is 7.28. The number of amides is 2. The number of benzene rings is 1. The van der Waals surface area contributed by atoms with E-state index >= 15 is 0 Å². The Balaban J connectivity index is 2.31. The van der Waals surface area contributed by atoms with Crippen LogP contribution in [0.15, 0.2) is 12.1 Å². The monoisotopic (exact) mass is 293 g/mol. The molecule has 0 radical (unpaired) electrons. The zero-order valence-electron chi connectivity index (χ0n) is 13.7. The van der Waals surface area contributed by atoms with E-state index in [0.717, 1.165) is 29.8 Å². The maximum atomic E-state index is 11.6. The SMILES string of the molecule is Cc1ccc(C)c(OCNC(=O)NCCCN(C)C)c1C. The average Bonchev–Trinajstić information content (AvgIpc) is 2.43. The molecule has 0 aliphatic heterocycles. The second kappa shape index (κ2) is 8.52. The van der Waals surface area contributed by atoms with Gasteiger partial charge >= 0.3 is 6.03 Å². The fraction of sp³-hybridized carbons (Fsp3) is 0.562. The van der Waals surface area contributed by atoms with Crippen LogP contribution in [0.1, 0.15) is 23.1 Å². The van der Waals surface area contributed by atoms with E-state index in [9.17, 15) is 4.79 Å². The third-order valence-corrected chi connectivity index (χ3v) is 3.39. The van der Waals surface area contributed by atoms with Crippen molar-refractivity contribution in [3.63, 3.8) is 0 Å². The molecule has 0 saturated heterocycles. The molecule has 118 valence electrons. The van der Waals surface area contributed by atoms with Crippen LogP contribution in [-0.4, -0.2) is 44.8 Å². The summed E-state index contributed by atoms with van der Waals surface area (Å²) in [4.78, 5) is 13.7. The number of hydrogen-bond donors (Lipinski definition) is 2. The lowest BCUT2D eigenvalue weighted by Gasteiger charge is -2.15. The molecule has 0 aromatic heterocycles. The van der Waals surface area contributed by atoms with Crippen LogP contribution < -0.4 is 15.4 Å². The molecule has 1 aromatic rings. The highest BCUT2D eigenvalue weighted by Gasteiger charge is 2.07. The van der Waals surface area contributed by atoms with E-state index in [2.05, 4.69) is 21.6 Å². The molecule has 0 bridgehead atoms. The number of nitrogens with one attached hydrogen (secondary N) is 2. The van der Waals surface area contributed by atoms with Gasteiger partial charge in [0.25, 0.3) is 0 Å². The number of ether oxygens (including phenoxy) is 1. The van der Waals surface area contributed by atoms with Crippen LogP contribution in [0.4, 0.5) is 4.79 Å². The summed E-state index contributed by atoms with van der Waals surface area (Å²) in [5, 5.41) is 5.52. The van der Waals surface area contributed by atoms with Crippen LogP contribution in [0.5, 0.6) is 5.75 Å². The fourth-order valence-electron chi connectivity index (χ4n) is 1.98. The minimum atomic E-state index is -0.197. The molecule has 1 rings (SSSR count). The van der Waals surface area contributed by atoms with Crippen LogP contribution in [0, 0.1) is 20.8 Å². The smallest absolute Gasteiger partial charge is 0.317 e. The Labute approximate surface area is 127 Å². The zero-order valence-corrected chi connectivity index (χ0v) is 13.7. The maximum absolute atomic E-state index is 11.6. The highest BCUT2D eigenvalue weighted by molar-refractivity contribution is 5.73. The van der Waals surface area contributed by atoms with Gasteiger partial charge in [0.15, 0.2) is 6.73 Å². The van der Waals surface area contributed by atoms with Gasteiger partial charge in [0.1, 0.15) is 5.75 Å². The highest BCUT2D eigenvalue weighted by atomic mass is 16.5. The second-order valence-corrected chi connectivity index (χ2v) is 5.53. The molecule has 2 amide bonds. The van der Waals surface area contributed by atoms with Crippen molar-refractivity contribution < 1.29 is 9.53 Å². The largest absolute Gasteiger partial charge is 0.473 e. The topological polar surface area (TPSA) is 53.6 Å². The van der Waals surface area contributed by atoms with E-state index in [0.29, 0.717) is 6.54 Å². The summed E-state index contributed by atoms with van der Waals surface area (Å²) in [6.07, 6.45) is 0.928. The van der Waals surface area contributed by atoms with Crippen molar-refractivity contribution in [3.8, 4) is 5.75 Å². The van der Waals surface area contributed by atoms with Crippen LogP contribution >= 0.6 is 0 Å². The van der Waals surface area contributed by atoms with Crippen molar-refractivity contribution in [2.24, 2.45) is 0 Å². The van der Waals surface area contributed by atoms with Crippen molar-refractivity contribution in [1.82, 2.24) is 15.5 Å². The van der Waals surface area contributed by atoms with Gasteiger partial charge in [0.2, 0.25) is 0 Å². The predicted molar refractivity (Wildman–Crippen MR) is 85.9 cm³/mol. The molecule has 0 heterocycles. The van der Waals surface area contributed by atoms with E-state index in [1.165, 1.54) is 5.56 Å². The Kier molecular flexibility index (Phi) is 7.02. The van der Waals surface area contributed by atoms with Crippen molar-refractivity contribution in [1.29, 1.82) is 0 Å². The lowest BCUT2D eigenvalue weighted by atomic mass is 10.1. The third-order valence-electron chi connectivity index (χ3n) is 3.39. The third kappa shape index (κ3) is 6.04. The molecule has 5 heteroatoms. The van der Waals surface area contributed by atoms with Gasteiger partial charge in [-0.25, -0.2) is 4.79 Å². The molecule has 2 N–H and O–H groups in total. The van der Waals surface area contributed by atoms with Gasteiger partial charge in [-0.2, -0.15) is 0 Å². The molecule has 0 fully saturated rings. The van der Waals surface area contributed by atoms with Gasteiger partial charge < -0.3 is 20.3 Å². The lowest BCUT2D eigenvalue weighted by Crippen LogP contribution is -2.38. The Morgan fingerprint density at radius 2 is 1.81 bits per heavy atom.